The summed E-state index contributed by atoms with van der Waals surface area (Å²) in [6, 6.07) is 29.2. The smallest absolute Gasteiger partial charge is 0.253 e. The fourth-order valence-corrected chi connectivity index (χ4v) is 5.19. The minimum absolute atomic E-state index is 0.157. The molecular weight excluding hydrogens is 522 g/mol. The zero-order chi connectivity index (χ0) is 28.2. The number of likely N-dealkylation sites (N-methyl/N-ethyl adjacent to an activating group) is 1. The number of amides is 2. The van der Waals surface area contributed by atoms with E-state index in [1.165, 1.54) is 0 Å². The van der Waals surface area contributed by atoms with Crippen LogP contribution in [0.2, 0.25) is 5.02 Å². The lowest BCUT2D eigenvalue weighted by Crippen LogP contribution is -2.50. The number of carbonyl (C=O) groups is 2. The topological polar surface area (TPSA) is 95.9 Å². The second-order valence-corrected chi connectivity index (χ2v) is 10.5. The number of benzene rings is 4. The first-order chi connectivity index (χ1) is 19.3. The molecule has 40 heavy (non-hydrogen) atoms. The third-order valence-electron chi connectivity index (χ3n) is 7.33. The molecular formula is C32H32ClN5O2. The van der Waals surface area contributed by atoms with Crippen LogP contribution in [0.3, 0.4) is 0 Å². The molecule has 0 aliphatic carbocycles. The van der Waals surface area contributed by atoms with Crippen molar-refractivity contribution in [2.75, 3.05) is 43.9 Å². The Morgan fingerprint density at radius 1 is 0.825 bits per heavy atom. The summed E-state index contributed by atoms with van der Waals surface area (Å²) in [6.45, 7) is 3.07. The summed E-state index contributed by atoms with van der Waals surface area (Å²) in [6.07, 6.45) is 0. The number of halogens is 1. The van der Waals surface area contributed by atoms with Gasteiger partial charge in [-0.05, 0) is 72.3 Å². The Kier molecular flexibility index (Phi) is 8.16. The van der Waals surface area contributed by atoms with E-state index in [0.29, 0.717) is 40.7 Å². The second kappa shape index (κ2) is 11.9. The quantitative estimate of drug-likeness (QED) is 0.301. The highest BCUT2D eigenvalue weighted by molar-refractivity contribution is 6.30. The van der Waals surface area contributed by atoms with Gasteiger partial charge < -0.3 is 16.4 Å². The van der Waals surface area contributed by atoms with Gasteiger partial charge in [-0.15, -0.1) is 0 Å². The van der Waals surface area contributed by atoms with Crippen LogP contribution in [0, 0.1) is 0 Å². The molecule has 0 bridgehead atoms. The highest BCUT2D eigenvalue weighted by Crippen LogP contribution is 2.38. The number of rotatable bonds is 7. The monoisotopic (exact) mass is 553 g/mol. The van der Waals surface area contributed by atoms with Gasteiger partial charge in [0.1, 0.15) is 6.04 Å². The lowest BCUT2D eigenvalue weighted by Gasteiger charge is -2.39. The molecule has 7 nitrogen and oxygen atoms in total. The molecule has 1 atom stereocenters. The van der Waals surface area contributed by atoms with E-state index in [1.807, 2.05) is 72.8 Å². The Labute approximate surface area is 239 Å². The normalized spacial score (nSPS) is 14.9. The summed E-state index contributed by atoms with van der Waals surface area (Å²) >= 11 is 6.23. The predicted molar refractivity (Wildman–Crippen MR) is 162 cm³/mol. The highest BCUT2D eigenvalue weighted by Gasteiger charge is 2.35. The van der Waals surface area contributed by atoms with Crippen LogP contribution in [0.5, 0.6) is 0 Å². The molecule has 8 heteroatoms. The van der Waals surface area contributed by atoms with Gasteiger partial charge in [0.25, 0.3) is 5.91 Å². The van der Waals surface area contributed by atoms with Gasteiger partial charge in [-0.1, -0.05) is 60.1 Å². The largest absolute Gasteiger partial charge is 0.397 e. The van der Waals surface area contributed by atoms with Crippen LogP contribution in [-0.4, -0.2) is 54.8 Å². The van der Waals surface area contributed by atoms with Gasteiger partial charge in [-0.2, -0.15) is 0 Å². The first kappa shape index (κ1) is 27.4. The van der Waals surface area contributed by atoms with E-state index in [9.17, 15) is 9.59 Å². The standard InChI is InChI=1S/C32H32ClN5O2/c1-36-17-19-37(20-18-36)30(23-7-9-24(10-8-23)31(35)39)32(40)38(27-14-12-26(33)13-15-27)29-21-25(11-16-28(29)34)22-5-3-2-4-6-22/h2-16,21,30H,17-20,34H2,1H3,(H2,35,39). The van der Waals surface area contributed by atoms with Crippen LogP contribution in [0.15, 0.2) is 97.1 Å². The summed E-state index contributed by atoms with van der Waals surface area (Å²) in [5, 5.41) is 0.569. The maximum atomic E-state index is 14.8. The van der Waals surface area contributed by atoms with Crippen molar-refractivity contribution < 1.29 is 9.59 Å². The number of carbonyl (C=O) groups excluding carboxylic acids is 2. The van der Waals surface area contributed by atoms with Crippen molar-refractivity contribution in [3.05, 3.63) is 113 Å². The fourth-order valence-electron chi connectivity index (χ4n) is 5.06. The molecule has 204 valence electrons. The van der Waals surface area contributed by atoms with Gasteiger partial charge in [0.15, 0.2) is 0 Å². The molecule has 4 aromatic carbocycles. The van der Waals surface area contributed by atoms with Gasteiger partial charge in [-0.3, -0.25) is 19.4 Å². The second-order valence-electron chi connectivity index (χ2n) is 10.0. The van der Waals surface area contributed by atoms with Crippen LogP contribution >= 0.6 is 11.6 Å². The first-order valence-corrected chi connectivity index (χ1v) is 13.6. The Bertz CT molecular complexity index is 1480. The zero-order valence-electron chi connectivity index (χ0n) is 22.3. The maximum Gasteiger partial charge on any atom is 0.253 e. The van der Waals surface area contributed by atoms with Crippen molar-refractivity contribution in [2.45, 2.75) is 6.04 Å². The van der Waals surface area contributed by atoms with Crippen molar-refractivity contribution in [3.63, 3.8) is 0 Å². The molecule has 1 unspecified atom stereocenters. The van der Waals surface area contributed by atoms with E-state index in [2.05, 4.69) is 16.8 Å². The number of nitrogens with zero attached hydrogens (tertiary/aromatic N) is 3. The number of primary amides is 1. The molecule has 0 radical (unpaired) electrons. The van der Waals surface area contributed by atoms with Crippen molar-refractivity contribution in [1.82, 2.24) is 9.80 Å². The summed E-state index contributed by atoms with van der Waals surface area (Å²) in [7, 11) is 2.08. The van der Waals surface area contributed by atoms with Crippen LogP contribution in [-0.2, 0) is 4.79 Å². The summed E-state index contributed by atoms with van der Waals surface area (Å²) in [5.74, 6) is -0.669. The molecule has 0 aromatic heterocycles. The Hall–Kier alpha value is -4.17. The van der Waals surface area contributed by atoms with E-state index >= 15 is 0 Å². The molecule has 4 N–H and O–H groups in total. The molecule has 1 fully saturated rings. The maximum absolute atomic E-state index is 14.8. The van der Waals surface area contributed by atoms with Crippen molar-refractivity contribution >= 4 is 40.5 Å². The molecule has 5 rings (SSSR count). The van der Waals surface area contributed by atoms with Crippen molar-refractivity contribution in [1.29, 1.82) is 0 Å². The lowest BCUT2D eigenvalue weighted by atomic mass is 9.99. The zero-order valence-corrected chi connectivity index (χ0v) is 23.1. The molecule has 0 saturated carbocycles. The Morgan fingerprint density at radius 3 is 2.10 bits per heavy atom. The molecule has 0 spiro atoms. The molecule has 1 aliphatic heterocycles. The van der Waals surface area contributed by atoms with Crippen LogP contribution in [0.4, 0.5) is 17.1 Å². The molecule has 1 aliphatic rings. The third-order valence-corrected chi connectivity index (χ3v) is 7.58. The number of hydrogen-bond acceptors (Lipinski definition) is 5. The van der Waals surface area contributed by atoms with Crippen LogP contribution in [0.25, 0.3) is 11.1 Å². The van der Waals surface area contributed by atoms with Gasteiger partial charge >= 0.3 is 0 Å². The number of piperazine rings is 1. The van der Waals surface area contributed by atoms with E-state index in [4.69, 9.17) is 23.1 Å². The molecule has 1 heterocycles. The van der Waals surface area contributed by atoms with E-state index in [1.54, 1.807) is 29.2 Å². The first-order valence-electron chi connectivity index (χ1n) is 13.2. The molecule has 4 aromatic rings. The Balaban J connectivity index is 1.64. The van der Waals surface area contributed by atoms with Crippen LogP contribution in [0.1, 0.15) is 22.0 Å². The fraction of sp³-hybridized carbons (Fsp3) is 0.188. The van der Waals surface area contributed by atoms with E-state index in [0.717, 1.165) is 29.8 Å². The average Bonchev–Trinajstić information content (AvgIpc) is 2.97. The number of anilines is 3. The minimum atomic E-state index is -0.619. The third kappa shape index (κ3) is 5.87. The Morgan fingerprint density at radius 2 is 1.48 bits per heavy atom. The van der Waals surface area contributed by atoms with E-state index in [-0.39, 0.29) is 5.91 Å². The van der Waals surface area contributed by atoms with Crippen LogP contribution < -0.4 is 16.4 Å². The van der Waals surface area contributed by atoms with Gasteiger partial charge in [0, 0.05) is 42.5 Å². The summed E-state index contributed by atoms with van der Waals surface area (Å²) in [5.41, 5.74) is 16.9. The number of nitrogens with two attached hydrogens (primary N) is 2. The SMILES string of the molecule is CN1CCN(C(C(=O)N(c2ccc(Cl)cc2)c2cc(-c3ccccc3)ccc2N)c2ccc(C(N)=O)cc2)CC1. The average molecular weight is 554 g/mol. The molecule has 2 amide bonds. The lowest BCUT2D eigenvalue weighted by molar-refractivity contribution is -0.124. The predicted octanol–water partition coefficient (Wildman–Crippen LogP) is 5.34. The molecule has 1 saturated heterocycles. The number of hydrogen-bond donors (Lipinski definition) is 2. The van der Waals surface area contributed by atoms with Gasteiger partial charge in [0.2, 0.25) is 5.91 Å². The highest BCUT2D eigenvalue weighted by atomic mass is 35.5. The van der Waals surface area contributed by atoms with Gasteiger partial charge in [-0.25, -0.2) is 0 Å². The summed E-state index contributed by atoms with van der Waals surface area (Å²) < 4.78 is 0. The van der Waals surface area contributed by atoms with Crippen molar-refractivity contribution in [2.24, 2.45) is 5.73 Å². The van der Waals surface area contributed by atoms with Crippen molar-refractivity contribution in [3.8, 4) is 11.1 Å². The summed E-state index contributed by atoms with van der Waals surface area (Å²) in [4.78, 5) is 32.7. The number of nitrogen functional groups attached to an aromatic ring is 1. The van der Waals surface area contributed by atoms with Gasteiger partial charge in [0.05, 0.1) is 11.4 Å². The minimum Gasteiger partial charge on any atom is -0.397 e. The van der Waals surface area contributed by atoms with E-state index < -0.39 is 11.9 Å².